The number of carbonyl (C=O) groups is 1. The monoisotopic (exact) mass is 378 g/mol. The SMILES string of the molecule is COc1ccc(/C=C(\C#N)C(=O)Nc2ccc(C)cc2C)cc1OCC(C)C. The van der Waals surface area contributed by atoms with Gasteiger partial charge in [0.1, 0.15) is 11.6 Å². The predicted octanol–water partition coefficient (Wildman–Crippen LogP) is 4.89. The predicted molar refractivity (Wildman–Crippen MR) is 111 cm³/mol. The van der Waals surface area contributed by atoms with Crippen molar-refractivity contribution in [2.45, 2.75) is 27.7 Å². The Morgan fingerprint density at radius 3 is 2.54 bits per heavy atom. The number of ether oxygens (including phenoxy) is 2. The number of methoxy groups -OCH3 is 1. The fourth-order valence-electron chi connectivity index (χ4n) is 2.61. The average molecular weight is 378 g/mol. The van der Waals surface area contributed by atoms with Crippen molar-refractivity contribution in [2.75, 3.05) is 19.0 Å². The average Bonchev–Trinajstić information content (AvgIpc) is 2.66. The van der Waals surface area contributed by atoms with E-state index in [-0.39, 0.29) is 5.57 Å². The van der Waals surface area contributed by atoms with Crippen LogP contribution in [0.4, 0.5) is 5.69 Å². The molecular weight excluding hydrogens is 352 g/mol. The number of nitrogens with one attached hydrogen (secondary N) is 1. The number of nitriles is 1. The van der Waals surface area contributed by atoms with E-state index < -0.39 is 5.91 Å². The van der Waals surface area contributed by atoms with Crippen LogP contribution >= 0.6 is 0 Å². The van der Waals surface area contributed by atoms with E-state index in [9.17, 15) is 10.1 Å². The van der Waals surface area contributed by atoms with Crippen LogP contribution in [-0.2, 0) is 4.79 Å². The van der Waals surface area contributed by atoms with Gasteiger partial charge in [-0.3, -0.25) is 4.79 Å². The van der Waals surface area contributed by atoms with Crippen molar-refractivity contribution in [3.05, 3.63) is 58.7 Å². The molecular formula is C23H26N2O3. The Kier molecular flexibility index (Phi) is 7.22. The van der Waals surface area contributed by atoms with Crippen molar-refractivity contribution in [3.63, 3.8) is 0 Å². The largest absolute Gasteiger partial charge is 0.493 e. The fourth-order valence-corrected chi connectivity index (χ4v) is 2.61. The number of hydrogen-bond acceptors (Lipinski definition) is 4. The lowest BCUT2D eigenvalue weighted by atomic mass is 10.1. The molecule has 0 aliphatic heterocycles. The van der Waals surface area contributed by atoms with Gasteiger partial charge < -0.3 is 14.8 Å². The lowest BCUT2D eigenvalue weighted by molar-refractivity contribution is -0.112. The van der Waals surface area contributed by atoms with Crippen molar-refractivity contribution in [2.24, 2.45) is 5.92 Å². The normalized spacial score (nSPS) is 11.1. The Balaban J connectivity index is 2.26. The van der Waals surface area contributed by atoms with Gasteiger partial charge in [0, 0.05) is 5.69 Å². The maximum Gasteiger partial charge on any atom is 0.266 e. The summed E-state index contributed by atoms with van der Waals surface area (Å²) in [6.45, 7) is 8.56. The van der Waals surface area contributed by atoms with Crippen molar-refractivity contribution in [3.8, 4) is 17.6 Å². The Bertz CT molecular complexity index is 924. The molecule has 1 amide bonds. The van der Waals surface area contributed by atoms with E-state index in [1.165, 1.54) is 0 Å². The molecule has 0 unspecified atom stereocenters. The summed E-state index contributed by atoms with van der Waals surface area (Å²) in [5, 5.41) is 12.3. The number of carbonyl (C=O) groups excluding carboxylic acids is 1. The first-order valence-electron chi connectivity index (χ1n) is 9.15. The van der Waals surface area contributed by atoms with E-state index in [4.69, 9.17) is 9.47 Å². The molecule has 0 aliphatic rings. The quantitative estimate of drug-likeness (QED) is 0.550. The Morgan fingerprint density at radius 2 is 1.93 bits per heavy atom. The molecule has 2 aromatic rings. The molecule has 1 N–H and O–H groups in total. The Hall–Kier alpha value is -3.26. The second kappa shape index (κ2) is 9.61. The van der Waals surface area contributed by atoms with Crippen LogP contribution in [0.5, 0.6) is 11.5 Å². The number of aryl methyl sites for hydroxylation is 2. The molecule has 2 rings (SSSR count). The number of rotatable bonds is 7. The van der Waals surface area contributed by atoms with Crippen molar-refractivity contribution in [1.82, 2.24) is 0 Å². The van der Waals surface area contributed by atoms with E-state index in [0.717, 1.165) is 11.1 Å². The van der Waals surface area contributed by atoms with Crippen LogP contribution in [-0.4, -0.2) is 19.6 Å². The van der Waals surface area contributed by atoms with Crippen molar-refractivity contribution in [1.29, 1.82) is 5.26 Å². The molecule has 146 valence electrons. The molecule has 28 heavy (non-hydrogen) atoms. The summed E-state index contributed by atoms with van der Waals surface area (Å²) < 4.78 is 11.1. The summed E-state index contributed by atoms with van der Waals surface area (Å²) in [5.41, 5.74) is 3.44. The van der Waals surface area contributed by atoms with Gasteiger partial charge in [0.05, 0.1) is 13.7 Å². The maximum absolute atomic E-state index is 12.6. The van der Waals surface area contributed by atoms with E-state index in [2.05, 4.69) is 19.2 Å². The molecule has 0 saturated heterocycles. The number of nitrogens with zero attached hydrogens (tertiary/aromatic N) is 1. The highest BCUT2D eigenvalue weighted by atomic mass is 16.5. The van der Waals surface area contributed by atoms with Gasteiger partial charge >= 0.3 is 0 Å². The Morgan fingerprint density at radius 1 is 1.18 bits per heavy atom. The first-order chi connectivity index (χ1) is 13.3. The lowest BCUT2D eigenvalue weighted by Gasteiger charge is -2.13. The van der Waals surface area contributed by atoms with Gasteiger partial charge in [0.15, 0.2) is 11.5 Å². The third-order valence-corrected chi connectivity index (χ3v) is 4.07. The zero-order valence-corrected chi connectivity index (χ0v) is 17.0. The topological polar surface area (TPSA) is 71.3 Å². The molecule has 0 atom stereocenters. The minimum atomic E-state index is -0.449. The summed E-state index contributed by atoms with van der Waals surface area (Å²) in [6.07, 6.45) is 1.54. The molecule has 5 heteroatoms. The molecule has 0 heterocycles. The third kappa shape index (κ3) is 5.62. The number of anilines is 1. The minimum Gasteiger partial charge on any atom is -0.493 e. The smallest absolute Gasteiger partial charge is 0.266 e. The summed E-state index contributed by atoms with van der Waals surface area (Å²) in [4.78, 5) is 12.6. The van der Waals surface area contributed by atoms with Crippen LogP contribution in [0.15, 0.2) is 42.0 Å². The standard InChI is InChI=1S/C23H26N2O3/c1-15(2)14-28-22-12-18(7-9-21(22)27-5)11-19(13-24)23(26)25-20-8-6-16(3)10-17(20)4/h6-12,15H,14H2,1-5H3,(H,25,26)/b19-11+. The minimum absolute atomic E-state index is 0.0138. The first-order valence-corrected chi connectivity index (χ1v) is 9.15. The summed E-state index contributed by atoms with van der Waals surface area (Å²) in [5.74, 6) is 1.10. The molecule has 5 nitrogen and oxygen atoms in total. The van der Waals surface area contributed by atoms with Gasteiger partial charge in [-0.05, 0) is 55.2 Å². The van der Waals surface area contributed by atoms with Crippen LogP contribution in [0.1, 0.15) is 30.5 Å². The lowest BCUT2D eigenvalue weighted by Crippen LogP contribution is -2.14. The molecule has 2 aromatic carbocycles. The van der Waals surface area contributed by atoms with Gasteiger partial charge in [-0.25, -0.2) is 0 Å². The second-order valence-electron chi connectivity index (χ2n) is 7.06. The molecule has 0 spiro atoms. The van der Waals surface area contributed by atoms with Crippen molar-refractivity contribution >= 4 is 17.7 Å². The highest BCUT2D eigenvalue weighted by molar-refractivity contribution is 6.10. The van der Waals surface area contributed by atoms with Gasteiger partial charge in [-0.2, -0.15) is 5.26 Å². The van der Waals surface area contributed by atoms with Crippen LogP contribution in [0, 0.1) is 31.1 Å². The second-order valence-corrected chi connectivity index (χ2v) is 7.06. The van der Waals surface area contributed by atoms with Gasteiger partial charge in [-0.1, -0.05) is 37.6 Å². The Labute approximate surface area is 166 Å². The van der Waals surface area contributed by atoms with Gasteiger partial charge in [0.2, 0.25) is 0 Å². The highest BCUT2D eigenvalue weighted by Gasteiger charge is 2.12. The van der Waals surface area contributed by atoms with Crippen LogP contribution in [0.25, 0.3) is 6.08 Å². The summed E-state index contributed by atoms with van der Waals surface area (Å²) in [7, 11) is 1.57. The maximum atomic E-state index is 12.6. The van der Waals surface area contributed by atoms with Gasteiger partial charge in [0.25, 0.3) is 5.91 Å². The molecule has 0 aliphatic carbocycles. The van der Waals surface area contributed by atoms with E-state index in [1.807, 2.05) is 38.1 Å². The van der Waals surface area contributed by atoms with Crippen LogP contribution in [0.2, 0.25) is 0 Å². The zero-order chi connectivity index (χ0) is 20.7. The molecule has 0 aromatic heterocycles. The first kappa shape index (κ1) is 21.0. The van der Waals surface area contributed by atoms with Crippen LogP contribution in [0.3, 0.4) is 0 Å². The highest BCUT2D eigenvalue weighted by Crippen LogP contribution is 2.29. The summed E-state index contributed by atoms with van der Waals surface area (Å²) >= 11 is 0. The van der Waals surface area contributed by atoms with Gasteiger partial charge in [-0.15, -0.1) is 0 Å². The van der Waals surface area contributed by atoms with E-state index in [0.29, 0.717) is 35.3 Å². The van der Waals surface area contributed by atoms with Crippen LogP contribution < -0.4 is 14.8 Å². The molecule has 0 fully saturated rings. The fraction of sp³-hybridized carbons (Fsp3) is 0.304. The number of benzene rings is 2. The third-order valence-electron chi connectivity index (χ3n) is 4.07. The number of hydrogen-bond donors (Lipinski definition) is 1. The molecule has 0 radical (unpaired) electrons. The molecule has 0 saturated carbocycles. The number of amides is 1. The van der Waals surface area contributed by atoms with Crippen molar-refractivity contribution < 1.29 is 14.3 Å². The zero-order valence-electron chi connectivity index (χ0n) is 17.0. The molecule has 0 bridgehead atoms. The summed E-state index contributed by atoms with van der Waals surface area (Å²) in [6, 6.07) is 13.0. The van der Waals surface area contributed by atoms with E-state index >= 15 is 0 Å². The van der Waals surface area contributed by atoms with E-state index in [1.54, 1.807) is 31.4 Å².